The van der Waals surface area contributed by atoms with Crippen molar-refractivity contribution in [2.24, 2.45) is 9.98 Å². The SMILES string of the molecule is C=NC(=NC)Nc1cc(NC(=O)c2ccc(CN3CCN(C)CC3)cc2)ccc1C. The third kappa shape index (κ3) is 5.75. The van der Waals surface area contributed by atoms with E-state index in [0.717, 1.165) is 44.0 Å². The lowest BCUT2D eigenvalue weighted by molar-refractivity contribution is 0.102. The van der Waals surface area contributed by atoms with Gasteiger partial charge >= 0.3 is 0 Å². The summed E-state index contributed by atoms with van der Waals surface area (Å²) in [6, 6.07) is 13.5. The fourth-order valence-corrected chi connectivity index (χ4v) is 3.35. The van der Waals surface area contributed by atoms with Gasteiger partial charge in [-0.3, -0.25) is 14.7 Å². The predicted molar refractivity (Wildman–Crippen MR) is 125 cm³/mol. The first-order valence-electron chi connectivity index (χ1n) is 10.1. The van der Waals surface area contributed by atoms with Gasteiger partial charge in [0.15, 0.2) is 0 Å². The molecular formula is C23H30N6O. The highest BCUT2D eigenvalue weighted by Crippen LogP contribution is 2.21. The smallest absolute Gasteiger partial charge is 0.255 e. The quantitative estimate of drug-likeness (QED) is 0.591. The number of amides is 1. The van der Waals surface area contributed by atoms with Crippen molar-refractivity contribution >= 4 is 30.0 Å². The van der Waals surface area contributed by atoms with Crippen molar-refractivity contribution in [2.45, 2.75) is 13.5 Å². The monoisotopic (exact) mass is 406 g/mol. The standard InChI is InChI=1S/C23H30N6O/c1-17-5-10-20(15-21(17)27-23(24-2)25-3)26-22(30)19-8-6-18(7-9-19)16-29-13-11-28(4)12-14-29/h5-10,15H,2,11-14,16H2,1,3-4H3,(H,25,27)(H,26,30). The summed E-state index contributed by atoms with van der Waals surface area (Å²) in [5.74, 6) is 0.291. The summed E-state index contributed by atoms with van der Waals surface area (Å²) in [5, 5.41) is 6.07. The summed E-state index contributed by atoms with van der Waals surface area (Å²) in [7, 11) is 3.80. The molecule has 1 fully saturated rings. The molecule has 1 aliphatic rings. The van der Waals surface area contributed by atoms with Crippen molar-refractivity contribution in [3.8, 4) is 0 Å². The average molecular weight is 407 g/mol. The molecule has 7 heteroatoms. The maximum Gasteiger partial charge on any atom is 0.255 e. The summed E-state index contributed by atoms with van der Waals surface area (Å²) in [5.41, 5.74) is 4.40. The van der Waals surface area contributed by atoms with Crippen LogP contribution in [0.5, 0.6) is 0 Å². The number of carbonyl (C=O) groups excluding carboxylic acids is 1. The summed E-state index contributed by atoms with van der Waals surface area (Å²) in [4.78, 5) is 25.3. The van der Waals surface area contributed by atoms with Crippen LogP contribution in [-0.4, -0.2) is 68.7 Å². The molecule has 0 saturated carbocycles. The van der Waals surface area contributed by atoms with Gasteiger partial charge in [0.25, 0.3) is 5.91 Å². The van der Waals surface area contributed by atoms with Crippen LogP contribution in [0.15, 0.2) is 52.4 Å². The molecule has 2 aromatic rings. The second kappa shape index (κ2) is 10.1. The summed E-state index contributed by atoms with van der Waals surface area (Å²) in [6.45, 7) is 10.7. The lowest BCUT2D eigenvalue weighted by atomic mass is 10.1. The Morgan fingerprint density at radius 3 is 2.40 bits per heavy atom. The van der Waals surface area contributed by atoms with E-state index in [1.807, 2.05) is 49.4 Å². The highest BCUT2D eigenvalue weighted by molar-refractivity contribution is 6.05. The van der Waals surface area contributed by atoms with Crippen molar-refractivity contribution in [3.05, 3.63) is 59.2 Å². The van der Waals surface area contributed by atoms with Crippen LogP contribution in [0.2, 0.25) is 0 Å². The number of rotatable bonds is 5. The number of hydrogen-bond donors (Lipinski definition) is 2. The Morgan fingerprint density at radius 2 is 1.77 bits per heavy atom. The van der Waals surface area contributed by atoms with Gasteiger partial charge in [-0.05, 0) is 56.1 Å². The number of benzene rings is 2. The maximum absolute atomic E-state index is 12.7. The number of piperazine rings is 1. The van der Waals surface area contributed by atoms with Gasteiger partial charge in [-0.15, -0.1) is 0 Å². The zero-order chi connectivity index (χ0) is 21.5. The van der Waals surface area contributed by atoms with Crippen molar-refractivity contribution in [1.29, 1.82) is 0 Å². The minimum Gasteiger partial charge on any atom is -0.324 e. The van der Waals surface area contributed by atoms with Crippen LogP contribution in [-0.2, 0) is 6.54 Å². The van der Waals surface area contributed by atoms with E-state index in [1.54, 1.807) is 7.05 Å². The lowest BCUT2D eigenvalue weighted by Crippen LogP contribution is -2.43. The topological polar surface area (TPSA) is 72.3 Å². The summed E-state index contributed by atoms with van der Waals surface area (Å²) < 4.78 is 0. The first-order chi connectivity index (χ1) is 14.5. The second-order valence-corrected chi connectivity index (χ2v) is 7.59. The van der Waals surface area contributed by atoms with E-state index in [0.29, 0.717) is 17.2 Å². The number of likely N-dealkylation sites (N-methyl/N-ethyl adjacent to an activating group) is 1. The maximum atomic E-state index is 12.7. The van der Waals surface area contributed by atoms with Crippen LogP contribution in [0, 0.1) is 6.92 Å². The second-order valence-electron chi connectivity index (χ2n) is 7.59. The zero-order valence-corrected chi connectivity index (χ0v) is 18.0. The highest BCUT2D eigenvalue weighted by Gasteiger charge is 2.14. The molecule has 7 nitrogen and oxygen atoms in total. The largest absolute Gasteiger partial charge is 0.324 e. The Bertz CT molecular complexity index is 914. The van der Waals surface area contributed by atoms with Crippen LogP contribution in [0.4, 0.5) is 11.4 Å². The van der Waals surface area contributed by atoms with Gasteiger partial charge in [0.2, 0.25) is 5.96 Å². The Hall–Kier alpha value is -3.03. The molecule has 0 aromatic heterocycles. The summed E-state index contributed by atoms with van der Waals surface area (Å²) in [6.07, 6.45) is 0. The molecule has 1 amide bonds. The van der Waals surface area contributed by atoms with Crippen LogP contribution >= 0.6 is 0 Å². The van der Waals surface area contributed by atoms with Gasteiger partial charge in [0.05, 0.1) is 0 Å². The van der Waals surface area contributed by atoms with Crippen LogP contribution in [0.25, 0.3) is 0 Å². The molecule has 0 unspecified atom stereocenters. The van der Waals surface area contributed by atoms with Crippen LogP contribution in [0.1, 0.15) is 21.5 Å². The third-order valence-corrected chi connectivity index (χ3v) is 5.32. The van der Waals surface area contributed by atoms with Gasteiger partial charge in [-0.1, -0.05) is 18.2 Å². The third-order valence-electron chi connectivity index (χ3n) is 5.32. The van der Waals surface area contributed by atoms with E-state index in [1.165, 1.54) is 5.56 Å². The number of aliphatic imine (C=N–C) groups is 2. The molecule has 0 radical (unpaired) electrons. The molecule has 0 aliphatic carbocycles. The molecule has 2 N–H and O–H groups in total. The first kappa shape index (κ1) is 21.7. The number of nitrogens with one attached hydrogen (secondary N) is 2. The first-order valence-corrected chi connectivity index (χ1v) is 10.1. The number of carbonyl (C=O) groups is 1. The predicted octanol–water partition coefficient (Wildman–Crippen LogP) is 3.09. The van der Waals surface area contributed by atoms with E-state index >= 15 is 0 Å². The Morgan fingerprint density at radius 1 is 1.07 bits per heavy atom. The lowest BCUT2D eigenvalue weighted by Gasteiger charge is -2.32. The fourth-order valence-electron chi connectivity index (χ4n) is 3.35. The van der Waals surface area contributed by atoms with Crippen molar-refractivity contribution in [3.63, 3.8) is 0 Å². The minimum absolute atomic E-state index is 0.137. The molecule has 0 atom stereocenters. The number of guanidine groups is 1. The van der Waals surface area contributed by atoms with Gasteiger partial charge in [-0.25, -0.2) is 4.99 Å². The number of anilines is 2. The van der Waals surface area contributed by atoms with Crippen LogP contribution < -0.4 is 10.6 Å². The molecule has 1 heterocycles. The van der Waals surface area contributed by atoms with Crippen molar-refractivity contribution < 1.29 is 4.79 Å². The molecule has 1 aliphatic heterocycles. The van der Waals surface area contributed by atoms with Gasteiger partial charge in [0, 0.05) is 56.7 Å². The molecule has 3 rings (SSSR count). The minimum atomic E-state index is -0.137. The molecular weight excluding hydrogens is 376 g/mol. The van der Waals surface area contributed by atoms with E-state index in [2.05, 4.69) is 44.2 Å². The average Bonchev–Trinajstić information content (AvgIpc) is 2.76. The van der Waals surface area contributed by atoms with Crippen LogP contribution in [0.3, 0.4) is 0 Å². The highest BCUT2D eigenvalue weighted by atomic mass is 16.1. The number of nitrogens with zero attached hydrogens (tertiary/aromatic N) is 4. The number of hydrogen-bond acceptors (Lipinski definition) is 4. The van der Waals surface area contributed by atoms with Gasteiger partial charge in [-0.2, -0.15) is 0 Å². The molecule has 0 spiro atoms. The molecule has 158 valence electrons. The van der Waals surface area contributed by atoms with Gasteiger partial charge < -0.3 is 15.5 Å². The fraction of sp³-hybridized carbons (Fsp3) is 0.348. The molecule has 2 aromatic carbocycles. The Balaban J connectivity index is 1.62. The molecule has 1 saturated heterocycles. The van der Waals surface area contributed by atoms with E-state index in [4.69, 9.17) is 0 Å². The molecule has 0 bridgehead atoms. The molecule has 30 heavy (non-hydrogen) atoms. The Kier molecular flexibility index (Phi) is 7.32. The Labute approximate surface area is 178 Å². The summed E-state index contributed by atoms with van der Waals surface area (Å²) >= 11 is 0. The van der Waals surface area contributed by atoms with E-state index < -0.39 is 0 Å². The number of aryl methyl sites for hydroxylation is 1. The van der Waals surface area contributed by atoms with E-state index in [-0.39, 0.29) is 5.91 Å². The van der Waals surface area contributed by atoms with E-state index in [9.17, 15) is 4.79 Å². The van der Waals surface area contributed by atoms with Crippen molar-refractivity contribution in [2.75, 3.05) is 50.9 Å². The normalized spacial score (nSPS) is 15.6. The zero-order valence-electron chi connectivity index (χ0n) is 18.0. The van der Waals surface area contributed by atoms with Gasteiger partial charge in [0.1, 0.15) is 0 Å². The van der Waals surface area contributed by atoms with Crippen molar-refractivity contribution in [1.82, 2.24) is 9.80 Å².